The molecule has 0 saturated heterocycles. The number of hydrogen-bond donors (Lipinski definition) is 1. The molecule has 1 aliphatic heterocycles. The minimum atomic E-state index is 0.640. The highest BCUT2D eigenvalue weighted by atomic mass is 16.5. The van der Waals surface area contributed by atoms with Crippen LogP contribution < -0.4 is 5.32 Å². The van der Waals surface area contributed by atoms with Crippen molar-refractivity contribution in [3.05, 3.63) is 17.0 Å². The lowest BCUT2D eigenvalue weighted by Gasteiger charge is -2.14. The number of ether oxygens (including phenoxy) is 1. The van der Waals surface area contributed by atoms with Crippen LogP contribution in [0.15, 0.2) is 0 Å². The Kier molecular flexibility index (Phi) is 2.84. The topological polar surface area (TPSA) is 39.1 Å². The van der Waals surface area contributed by atoms with Gasteiger partial charge in [-0.1, -0.05) is 0 Å². The fourth-order valence-corrected chi connectivity index (χ4v) is 1.92. The third kappa shape index (κ3) is 1.67. The van der Waals surface area contributed by atoms with E-state index in [9.17, 15) is 0 Å². The number of nitrogens with one attached hydrogen (secondary N) is 1. The van der Waals surface area contributed by atoms with Crippen molar-refractivity contribution in [1.82, 2.24) is 15.1 Å². The molecule has 2 rings (SSSR count). The lowest BCUT2D eigenvalue weighted by Crippen LogP contribution is -2.24. The SMILES string of the molecule is CCOCc1nn(C)c2c1CNCC2. The molecule has 1 aliphatic rings. The highest BCUT2D eigenvalue weighted by molar-refractivity contribution is 5.28. The second-order valence-corrected chi connectivity index (χ2v) is 3.56. The van der Waals surface area contributed by atoms with E-state index in [1.54, 1.807) is 0 Å². The Labute approximate surface area is 84.3 Å². The second-order valence-electron chi connectivity index (χ2n) is 3.56. The minimum Gasteiger partial charge on any atom is -0.375 e. The maximum absolute atomic E-state index is 5.40. The van der Waals surface area contributed by atoms with Crippen LogP contribution >= 0.6 is 0 Å². The number of aryl methyl sites for hydroxylation is 1. The minimum absolute atomic E-state index is 0.640. The summed E-state index contributed by atoms with van der Waals surface area (Å²) in [6.45, 7) is 5.39. The van der Waals surface area contributed by atoms with Crippen molar-refractivity contribution < 1.29 is 4.74 Å². The van der Waals surface area contributed by atoms with Crippen molar-refractivity contribution in [3.8, 4) is 0 Å². The van der Waals surface area contributed by atoms with E-state index in [0.717, 1.165) is 31.8 Å². The van der Waals surface area contributed by atoms with E-state index in [1.807, 2.05) is 18.7 Å². The normalized spacial score (nSPS) is 15.6. The lowest BCUT2D eigenvalue weighted by atomic mass is 10.1. The Morgan fingerprint density at radius 2 is 2.43 bits per heavy atom. The molecule has 2 heterocycles. The molecule has 0 aliphatic carbocycles. The molecule has 0 bridgehead atoms. The highest BCUT2D eigenvalue weighted by Crippen LogP contribution is 2.17. The number of hydrogen-bond acceptors (Lipinski definition) is 3. The van der Waals surface area contributed by atoms with Gasteiger partial charge in [0.1, 0.15) is 0 Å². The van der Waals surface area contributed by atoms with E-state index in [0.29, 0.717) is 6.61 Å². The fourth-order valence-electron chi connectivity index (χ4n) is 1.92. The molecular weight excluding hydrogens is 178 g/mol. The summed E-state index contributed by atoms with van der Waals surface area (Å²) in [6.07, 6.45) is 1.07. The predicted molar refractivity (Wildman–Crippen MR) is 53.9 cm³/mol. The summed E-state index contributed by atoms with van der Waals surface area (Å²) >= 11 is 0. The monoisotopic (exact) mass is 195 g/mol. The quantitative estimate of drug-likeness (QED) is 0.767. The summed E-state index contributed by atoms with van der Waals surface area (Å²) in [5.41, 5.74) is 3.79. The molecule has 0 fully saturated rings. The summed E-state index contributed by atoms with van der Waals surface area (Å²) in [7, 11) is 2.01. The van der Waals surface area contributed by atoms with E-state index in [4.69, 9.17) is 4.74 Å². The van der Waals surface area contributed by atoms with Crippen LogP contribution in [0, 0.1) is 0 Å². The van der Waals surface area contributed by atoms with E-state index in [2.05, 4.69) is 10.4 Å². The zero-order valence-corrected chi connectivity index (χ0v) is 8.84. The van der Waals surface area contributed by atoms with Gasteiger partial charge in [-0.3, -0.25) is 4.68 Å². The molecule has 0 aromatic carbocycles. The van der Waals surface area contributed by atoms with Crippen LogP contribution in [0.2, 0.25) is 0 Å². The Hall–Kier alpha value is -0.870. The van der Waals surface area contributed by atoms with E-state index < -0.39 is 0 Å². The molecule has 14 heavy (non-hydrogen) atoms. The molecule has 0 spiro atoms. The Bertz CT molecular complexity index is 319. The smallest absolute Gasteiger partial charge is 0.0929 e. The summed E-state index contributed by atoms with van der Waals surface area (Å²) in [4.78, 5) is 0. The largest absolute Gasteiger partial charge is 0.375 e. The van der Waals surface area contributed by atoms with Gasteiger partial charge in [0.05, 0.1) is 12.3 Å². The van der Waals surface area contributed by atoms with Gasteiger partial charge in [0.2, 0.25) is 0 Å². The van der Waals surface area contributed by atoms with Crippen LogP contribution in [0.3, 0.4) is 0 Å². The van der Waals surface area contributed by atoms with Crippen LogP contribution in [-0.4, -0.2) is 22.9 Å². The van der Waals surface area contributed by atoms with Crippen LogP contribution in [0.1, 0.15) is 23.9 Å². The number of fused-ring (bicyclic) bond motifs is 1. The molecule has 1 N–H and O–H groups in total. The molecule has 4 heteroatoms. The van der Waals surface area contributed by atoms with Gasteiger partial charge in [-0.15, -0.1) is 0 Å². The fraction of sp³-hybridized carbons (Fsp3) is 0.700. The van der Waals surface area contributed by atoms with E-state index >= 15 is 0 Å². The highest BCUT2D eigenvalue weighted by Gasteiger charge is 2.18. The van der Waals surface area contributed by atoms with Gasteiger partial charge in [0, 0.05) is 44.4 Å². The molecule has 0 radical (unpaired) electrons. The zero-order chi connectivity index (χ0) is 9.97. The third-order valence-electron chi connectivity index (χ3n) is 2.64. The van der Waals surface area contributed by atoms with Crippen molar-refractivity contribution in [3.63, 3.8) is 0 Å². The van der Waals surface area contributed by atoms with Crippen molar-refractivity contribution in [2.45, 2.75) is 26.5 Å². The van der Waals surface area contributed by atoms with Crippen LogP contribution in [-0.2, 0) is 31.4 Å². The Morgan fingerprint density at radius 3 is 3.21 bits per heavy atom. The van der Waals surface area contributed by atoms with Gasteiger partial charge in [0.25, 0.3) is 0 Å². The maximum Gasteiger partial charge on any atom is 0.0929 e. The molecule has 1 aromatic heterocycles. The van der Waals surface area contributed by atoms with Crippen molar-refractivity contribution in [1.29, 1.82) is 0 Å². The maximum atomic E-state index is 5.40. The molecule has 4 nitrogen and oxygen atoms in total. The van der Waals surface area contributed by atoms with Crippen molar-refractivity contribution >= 4 is 0 Å². The first-order valence-corrected chi connectivity index (χ1v) is 5.15. The van der Waals surface area contributed by atoms with Gasteiger partial charge in [-0.25, -0.2) is 0 Å². The molecule has 0 unspecified atom stereocenters. The van der Waals surface area contributed by atoms with E-state index in [-0.39, 0.29) is 0 Å². The molecule has 0 amide bonds. The number of nitrogens with zero attached hydrogens (tertiary/aromatic N) is 2. The first kappa shape index (κ1) is 9.68. The summed E-state index contributed by atoms with van der Waals surface area (Å²) < 4.78 is 7.39. The van der Waals surface area contributed by atoms with Crippen LogP contribution in [0.5, 0.6) is 0 Å². The average Bonchev–Trinajstić information content (AvgIpc) is 2.54. The van der Waals surface area contributed by atoms with Crippen LogP contribution in [0.25, 0.3) is 0 Å². The van der Waals surface area contributed by atoms with Crippen molar-refractivity contribution in [2.24, 2.45) is 7.05 Å². The second kappa shape index (κ2) is 4.11. The summed E-state index contributed by atoms with van der Waals surface area (Å²) in [6, 6.07) is 0. The van der Waals surface area contributed by atoms with Crippen LogP contribution in [0.4, 0.5) is 0 Å². The van der Waals surface area contributed by atoms with Gasteiger partial charge >= 0.3 is 0 Å². The van der Waals surface area contributed by atoms with Crippen molar-refractivity contribution in [2.75, 3.05) is 13.2 Å². The lowest BCUT2D eigenvalue weighted by molar-refractivity contribution is 0.130. The standard InChI is InChI=1S/C10H17N3O/c1-3-14-7-9-8-6-11-5-4-10(8)13(2)12-9/h11H,3-7H2,1-2H3. The van der Waals surface area contributed by atoms with Gasteiger partial charge < -0.3 is 10.1 Å². The Morgan fingerprint density at radius 1 is 1.57 bits per heavy atom. The average molecular weight is 195 g/mol. The van der Waals surface area contributed by atoms with Gasteiger partial charge in [-0.2, -0.15) is 5.10 Å². The molecule has 78 valence electrons. The summed E-state index contributed by atoms with van der Waals surface area (Å²) in [5, 5.41) is 7.84. The third-order valence-corrected chi connectivity index (χ3v) is 2.64. The number of rotatable bonds is 3. The van der Waals surface area contributed by atoms with E-state index in [1.165, 1.54) is 11.3 Å². The molecular formula is C10H17N3O. The predicted octanol–water partition coefficient (Wildman–Crippen LogP) is 0.602. The Balaban J connectivity index is 2.23. The van der Waals surface area contributed by atoms with Gasteiger partial charge in [0.15, 0.2) is 0 Å². The molecule has 0 atom stereocenters. The first-order valence-electron chi connectivity index (χ1n) is 5.15. The summed E-state index contributed by atoms with van der Waals surface area (Å²) in [5.74, 6) is 0. The zero-order valence-electron chi connectivity index (χ0n) is 8.84. The molecule has 0 saturated carbocycles. The molecule has 1 aromatic rings. The first-order chi connectivity index (χ1) is 6.83. The number of aromatic nitrogens is 2. The van der Waals surface area contributed by atoms with Gasteiger partial charge in [-0.05, 0) is 6.92 Å².